The van der Waals surface area contributed by atoms with Gasteiger partial charge in [0.05, 0.1) is 11.7 Å². The number of benzene rings is 1. The number of aliphatic hydroxyl groups excluding tert-OH is 2. The van der Waals surface area contributed by atoms with E-state index in [0.29, 0.717) is 29.9 Å². The van der Waals surface area contributed by atoms with Crippen LogP contribution in [0.4, 0.5) is 5.82 Å². The fourth-order valence-electron chi connectivity index (χ4n) is 3.20. The molecule has 0 aliphatic rings. The first kappa shape index (κ1) is 22.1. The van der Waals surface area contributed by atoms with E-state index in [1.165, 1.54) is 12.5 Å². The van der Waals surface area contributed by atoms with Crippen LogP contribution in [0.15, 0.2) is 59.7 Å². The standard InChI is InChI=1S/C22H25BrN4O3/c1-2-16(13-28)20(29)10-25-22-19(9-24-14-26-22)21(30)17-6-7-27(12-17)11-15-4-3-5-18(23)8-15/h3-9,12,14,16,20,28-29H,2,10-11,13H2,1H3,(H,24,25,26)/t16-,20-/m0/s1. The van der Waals surface area contributed by atoms with Gasteiger partial charge in [0.25, 0.3) is 0 Å². The number of nitrogens with one attached hydrogen (secondary N) is 1. The van der Waals surface area contributed by atoms with Crippen molar-refractivity contribution >= 4 is 27.5 Å². The Morgan fingerprint density at radius 2 is 2.17 bits per heavy atom. The van der Waals surface area contributed by atoms with Crippen molar-refractivity contribution in [1.82, 2.24) is 14.5 Å². The highest BCUT2D eigenvalue weighted by Gasteiger charge is 2.20. The molecule has 0 fully saturated rings. The van der Waals surface area contributed by atoms with Crippen molar-refractivity contribution < 1.29 is 15.0 Å². The van der Waals surface area contributed by atoms with Crippen LogP contribution in [0.25, 0.3) is 0 Å². The Morgan fingerprint density at radius 1 is 1.33 bits per heavy atom. The van der Waals surface area contributed by atoms with Crippen LogP contribution in [0.1, 0.15) is 34.8 Å². The number of aliphatic hydroxyl groups is 2. The number of carbonyl (C=O) groups is 1. The first-order chi connectivity index (χ1) is 14.5. The number of ketones is 1. The van der Waals surface area contributed by atoms with Crippen molar-refractivity contribution in [2.45, 2.75) is 26.0 Å². The van der Waals surface area contributed by atoms with Gasteiger partial charge in [0, 0.05) is 54.2 Å². The molecule has 2 atom stereocenters. The maximum absolute atomic E-state index is 13.0. The van der Waals surface area contributed by atoms with Gasteiger partial charge >= 0.3 is 0 Å². The van der Waals surface area contributed by atoms with Gasteiger partial charge in [-0.2, -0.15) is 0 Å². The quantitative estimate of drug-likeness (QED) is 0.392. The molecule has 0 aliphatic heterocycles. The topological polar surface area (TPSA) is 100 Å². The predicted octanol–water partition coefficient (Wildman–Crippen LogP) is 3.11. The van der Waals surface area contributed by atoms with Crippen molar-refractivity contribution in [3.05, 3.63) is 76.4 Å². The third-order valence-corrected chi connectivity index (χ3v) is 5.50. The van der Waals surface area contributed by atoms with E-state index in [9.17, 15) is 15.0 Å². The molecule has 0 unspecified atom stereocenters. The second kappa shape index (κ2) is 10.5. The summed E-state index contributed by atoms with van der Waals surface area (Å²) in [5.74, 6) is -0.0677. The fourth-order valence-corrected chi connectivity index (χ4v) is 3.65. The fraction of sp³-hybridized carbons (Fsp3) is 0.318. The molecule has 1 aromatic carbocycles. The minimum Gasteiger partial charge on any atom is -0.396 e. The molecule has 8 heteroatoms. The minimum absolute atomic E-state index is 0.0968. The second-order valence-electron chi connectivity index (χ2n) is 7.12. The summed E-state index contributed by atoms with van der Waals surface area (Å²) in [4.78, 5) is 21.2. The van der Waals surface area contributed by atoms with Crippen LogP contribution in [0.5, 0.6) is 0 Å². The zero-order valence-electron chi connectivity index (χ0n) is 16.7. The Bertz CT molecular complexity index is 988. The maximum atomic E-state index is 13.0. The van der Waals surface area contributed by atoms with Gasteiger partial charge in [0.15, 0.2) is 5.78 Å². The Kier molecular flexibility index (Phi) is 7.73. The average molecular weight is 473 g/mol. The number of nitrogens with zero attached hydrogens (tertiary/aromatic N) is 3. The lowest BCUT2D eigenvalue weighted by Crippen LogP contribution is -2.31. The van der Waals surface area contributed by atoms with E-state index in [1.807, 2.05) is 42.0 Å². The molecule has 7 nitrogen and oxygen atoms in total. The molecule has 2 aromatic heterocycles. The molecule has 158 valence electrons. The van der Waals surface area contributed by atoms with Gasteiger partial charge < -0.3 is 20.1 Å². The van der Waals surface area contributed by atoms with Gasteiger partial charge in [-0.25, -0.2) is 9.97 Å². The van der Waals surface area contributed by atoms with Gasteiger partial charge in [-0.3, -0.25) is 4.79 Å². The minimum atomic E-state index is -0.746. The van der Waals surface area contributed by atoms with Gasteiger partial charge in [-0.15, -0.1) is 0 Å². The van der Waals surface area contributed by atoms with Crippen molar-refractivity contribution in [3.63, 3.8) is 0 Å². The molecule has 0 saturated heterocycles. The van der Waals surface area contributed by atoms with Crippen molar-refractivity contribution in [2.24, 2.45) is 5.92 Å². The van der Waals surface area contributed by atoms with Crippen LogP contribution in [0.3, 0.4) is 0 Å². The van der Waals surface area contributed by atoms with Crippen LogP contribution in [0, 0.1) is 5.92 Å². The van der Waals surface area contributed by atoms with Crippen molar-refractivity contribution in [3.8, 4) is 0 Å². The first-order valence-corrected chi connectivity index (χ1v) is 10.6. The molecule has 3 N–H and O–H groups in total. The van der Waals surface area contributed by atoms with E-state index in [-0.39, 0.29) is 24.9 Å². The van der Waals surface area contributed by atoms with Gasteiger partial charge in [-0.1, -0.05) is 35.0 Å². The summed E-state index contributed by atoms with van der Waals surface area (Å²) in [5, 5.41) is 22.6. The molecular formula is C22H25BrN4O3. The summed E-state index contributed by atoms with van der Waals surface area (Å²) in [5.41, 5.74) is 1.99. The first-order valence-electron chi connectivity index (χ1n) is 9.79. The Balaban J connectivity index is 1.72. The van der Waals surface area contributed by atoms with E-state index in [1.54, 1.807) is 12.3 Å². The number of halogens is 1. The lowest BCUT2D eigenvalue weighted by atomic mass is 10.0. The molecule has 0 saturated carbocycles. The molecule has 0 radical (unpaired) electrons. The second-order valence-corrected chi connectivity index (χ2v) is 8.03. The Labute approximate surface area is 183 Å². The van der Waals surface area contributed by atoms with Gasteiger partial charge in [0.1, 0.15) is 12.1 Å². The van der Waals surface area contributed by atoms with Crippen LogP contribution < -0.4 is 5.32 Å². The van der Waals surface area contributed by atoms with E-state index in [2.05, 4.69) is 31.2 Å². The number of aromatic nitrogens is 3. The predicted molar refractivity (Wildman–Crippen MR) is 119 cm³/mol. The third kappa shape index (κ3) is 5.53. The van der Waals surface area contributed by atoms with Gasteiger partial charge in [0.2, 0.25) is 0 Å². The zero-order chi connectivity index (χ0) is 21.5. The number of carbonyl (C=O) groups excluding carboxylic acids is 1. The largest absolute Gasteiger partial charge is 0.396 e. The highest BCUT2D eigenvalue weighted by molar-refractivity contribution is 9.10. The maximum Gasteiger partial charge on any atom is 0.199 e. The monoisotopic (exact) mass is 472 g/mol. The highest BCUT2D eigenvalue weighted by atomic mass is 79.9. The molecule has 0 spiro atoms. The number of rotatable bonds is 10. The molecular weight excluding hydrogens is 448 g/mol. The lowest BCUT2D eigenvalue weighted by molar-refractivity contribution is 0.0742. The van der Waals surface area contributed by atoms with Crippen LogP contribution in [0.2, 0.25) is 0 Å². The summed E-state index contributed by atoms with van der Waals surface area (Å²) >= 11 is 3.47. The smallest absolute Gasteiger partial charge is 0.199 e. The van der Waals surface area contributed by atoms with E-state index < -0.39 is 6.10 Å². The normalized spacial score (nSPS) is 13.1. The Morgan fingerprint density at radius 3 is 2.90 bits per heavy atom. The highest BCUT2D eigenvalue weighted by Crippen LogP contribution is 2.19. The van der Waals surface area contributed by atoms with Crippen molar-refractivity contribution in [2.75, 3.05) is 18.5 Å². The molecule has 0 bridgehead atoms. The van der Waals surface area contributed by atoms with Crippen LogP contribution in [-0.2, 0) is 6.54 Å². The van der Waals surface area contributed by atoms with E-state index in [4.69, 9.17) is 0 Å². The SMILES string of the molecule is CC[C@@H](CO)[C@@H](O)CNc1ncncc1C(=O)c1ccn(Cc2cccc(Br)c2)c1. The van der Waals surface area contributed by atoms with Crippen LogP contribution >= 0.6 is 15.9 Å². The number of hydrogen-bond acceptors (Lipinski definition) is 6. The summed E-state index contributed by atoms with van der Waals surface area (Å²) in [6.45, 7) is 2.64. The molecule has 2 heterocycles. The summed E-state index contributed by atoms with van der Waals surface area (Å²) in [6, 6.07) is 9.78. The van der Waals surface area contributed by atoms with E-state index >= 15 is 0 Å². The van der Waals surface area contributed by atoms with E-state index in [0.717, 1.165) is 10.0 Å². The van der Waals surface area contributed by atoms with Gasteiger partial charge in [-0.05, 0) is 30.2 Å². The average Bonchev–Trinajstić information content (AvgIpc) is 3.21. The molecule has 30 heavy (non-hydrogen) atoms. The number of anilines is 1. The summed E-state index contributed by atoms with van der Waals surface area (Å²) in [6.07, 6.45) is 6.40. The summed E-state index contributed by atoms with van der Waals surface area (Å²) in [7, 11) is 0. The van der Waals surface area contributed by atoms with Crippen molar-refractivity contribution in [1.29, 1.82) is 0 Å². The summed E-state index contributed by atoms with van der Waals surface area (Å²) < 4.78 is 2.96. The number of hydrogen-bond donors (Lipinski definition) is 3. The lowest BCUT2D eigenvalue weighted by Gasteiger charge is -2.20. The molecule has 0 amide bonds. The molecule has 3 aromatic rings. The van der Waals surface area contributed by atoms with Crippen LogP contribution in [-0.4, -0.2) is 49.8 Å². The molecule has 3 rings (SSSR count). The Hall–Kier alpha value is -2.55. The molecule has 0 aliphatic carbocycles. The third-order valence-electron chi connectivity index (χ3n) is 5.01. The zero-order valence-corrected chi connectivity index (χ0v) is 18.3.